The van der Waals surface area contributed by atoms with E-state index in [0.29, 0.717) is 6.54 Å². The van der Waals surface area contributed by atoms with Crippen molar-refractivity contribution in [3.8, 4) is 0 Å². The van der Waals surface area contributed by atoms with Gasteiger partial charge in [-0.3, -0.25) is 5.32 Å². The Bertz CT molecular complexity index is 549. The summed E-state index contributed by atoms with van der Waals surface area (Å²) in [5.74, 6) is 0. The van der Waals surface area contributed by atoms with Crippen LogP contribution >= 0.6 is 22.7 Å². The quantitative estimate of drug-likeness (QED) is 0.891. The van der Waals surface area contributed by atoms with Crippen LogP contribution in [0.4, 0.5) is 9.80 Å². The van der Waals surface area contributed by atoms with Crippen LogP contribution in [-0.2, 0) is 19.4 Å². The molecular weight excluding hydrogens is 280 g/mol. The molecule has 0 fully saturated rings. The summed E-state index contributed by atoms with van der Waals surface area (Å²) in [6.45, 7) is 4.56. The number of carbonyl (C=O) groups excluding carboxylic acids is 1. The maximum absolute atomic E-state index is 11.8. The van der Waals surface area contributed by atoms with Gasteiger partial charge < -0.3 is 5.32 Å². The largest absolute Gasteiger partial charge is 0.331 e. The zero-order valence-corrected chi connectivity index (χ0v) is 12.5. The highest BCUT2D eigenvalue weighted by molar-refractivity contribution is 7.14. The number of aromatic nitrogens is 2. The van der Waals surface area contributed by atoms with E-state index < -0.39 is 0 Å². The van der Waals surface area contributed by atoms with Crippen LogP contribution in [0.2, 0.25) is 0 Å². The molecule has 0 saturated heterocycles. The van der Waals surface area contributed by atoms with Crippen LogP contribution in [0, 0.1) is 0 Å². The molecule has 0 aliphatic heterocycles. The number of aryl methyl sites for hydroxylation is 2. The van der Waals surface area contributed by atoms with Gasteiger partial charge in [-0.25, -0.2) is 14.8 Å². The van der Waals surface area contributed by atoms with Crippen LogP contribution in [0.5, 0.6) is 0 Å². The van der Waals surface area contributed by atoms with Gasteiger partial charge in [0, 0.05) is 11.1 Å². The van der Waals surface area contributed by atoms with Gasteiger partial charge in [-0.05, 0) is 12.8 Å². The first-order chi connectivity index (χ1) is 9.22. The molecule has 0 bridgehead atoms. The van der Waals surface area contributed by atoms with Crippen molar-refractivity contribution in [2.75, 3.05) is 5.32 Å². The number of urea groups is 1. The van der Waals surface area contributed by atoms with E-state index >= 15 is 0 Å². The fourth-order valence-corrected chi connectivity index (χ4v) is 3.09. The molecule has 2 amide bonds. The van der Waals surface area contributed by atoms with E-state index in [9.17, 15) is 4.79 Å². The first kappa shape index (κ1) is 14.0. The minimum Gasteiger partial charge on any atom is -0.331 e. The van der Waals surface area contributed by atoms with Gasteiger partial charge in [0.15, 0.2) is 0 Å². The van der Waals surface area contributed by atoms with Crippen molar-refractivity contribution in [3.63, 3.8) is 0 Å². The normalized spacial score (nSPS) is 10.4. The fourth-order valence-electron chi connectivity index (χ4n) is 1.52. The molecule has 2 heterocycles. The van der Waals surface area contributed by atoms with E-state index in [4.69, 9.17) is 0 Å². The van der Waals surface area contributed by atoms with E-state index in [2.05, 4.69) is 27.5 Å². The van der Waals surface area contributed by atoms with Crippen molar-refractivity contribution >= 4 is 33.7 Å². The van der Waals surface area contributed by atoms with Crippen molar-refractivity contribution in [2.24, 2.45) is 0 Å². The number of carbonyl (C=O) groups is 1. The summed E-state index contributed by atoms with van der Waals surface area (Å²) in [5, 5.41) is 7.35. The second kappa shape index (κ2) is 6.63. The van der Waals surface area contributed by atoms with Crippen LogP contribution in [0.25, 0.3) is 0 Å². The Morgan fingerprint density at radius 1 is 1.32 bits per heavy atom. The second-order valence-electron chi connectivity index (χ2n) is 3.86. The number of hydrogen-bond donors (Lipinski definition) is 2. The molecule has 2 aromatic heterocycles. The molecule has 5 nitrogen and oxygen atoms in total. The molecule has 2 N–H and O–H groups in total. The smallest absolute Gasteiger partial charge is 0.320 e. The number of rotatable bonds is 5. The fraction of sp³-hybridized carbons (Fsp3) is 0.417. The molecule has 19 heavy (non-hydrogen) atoms. The maximum atomic E-state index is 11.8. The van der Waals surface area contributed by atoms with Crippen LogP contribution in [-0.4, -0.2) is 16.0 Å². The van der Waals surface area contributed by atoms with Gasteiger partial charge in [0.2, 0.25) is 0 Å². The lowest BCUT2D eigenvalue weighted by molar-refractivity contribution is 0.252. The average molecular weight is 296 g/mol. The van der Waals surface area contributed by atoms with Gasteiger partial charge >= 0.3 is 6.03 Å². The zero-order valence-electron chi connectivity index (χ0n) is 10.9. The molecular formula is C12H16N4OS2. The highest BCUT2D eigenvalue weighted by Crippen LogP contribution is 2.20. The molecule has 7 heteroatoms. The molecule has 0 aliphatic carbocycles. The van der Waals surface area contributed by atoms with E-state index in [1.165, 1.54) is 16.2 Å². The van der Waals surface area contributed by atoms with Crippen LogP contribution < -0.4 is 10.6 Å². The van der Waals surface area contributed by atoms with E-state index in [-0.39, 0.29) is 6.03 Å². The molecule has 2 rings (SSSR count). The predicted molar refractivity (Wildman–Crippen MR) is 78.8 cm³/mol. The number of amides is 2. The van der Waals surface area contributed by atoms with Crippen LogP contribution in [0.1, 0.15) is 29.4 Å². The van der Waals surface area contributed by atoms with Crippen LogP contribution in [0.3, 0.4) is 0 Å². The average Bonchev–Trinajstić information content (AvgIpc) is 3.04. The Kier molecular flexibility index (Phi) is 4.86. The van der Waals surface area contributed by atoms with Gasteiger partial charge in [0.05, 0.1) is 17.7 Å². The summed E-state index contributed by atoms with van der Waals surface area (Å²) in [5.41, 5.74) is 2.66. The van der Waals surface area contributed by atoms with Gasteiger partial charge in [-0.15, -0.1) is 22.7 Å². The summed E-state index contributed by atoms with van der Waals surface area (Å²) in [6, 6.07) is -0.216. The molecule has 0 aliphatic rings. The highest BCUT2D eigenvalue weighted by Gasteiger charge is 2.09. The lowest BCUT2D eigenvalue weighted by atomic mass is 10.3. The maximum Gasteiger partial charge on any atom is 0.320 e. The van der Waals surface area contributed by atoms with Crippen molar-refractivity contribution in [1.82, 2.24) is 15.3 Å². The molecule has 0 unspecified atom stereocenters. The minimum atomic E-state index is -0.216. The van der Waals surface area contributed by atoms with Gasteiger partial charge in [0.1, 0.15) is 10.0 Å². The molecule has 0 aromatic carbocycles. The molecule has 0 radical (unpaired) electrons. The van der Waals surface area contributed by atoms with E-state index in [0.717, 1.165) is 28.5 Å². The van der Waals surface area contributed by atoms with Crippen molar-refractivity contribution in [1.29, 1.82) is 0 Å². The Morgan fingerprint density at radius 3 is 2.84 bits per heavy atom. The summed E-state index contributed by atoms with van der Waals surface area (Å²) in [4.78, 5) is 21.4. The number of nitrogens with zero attached hydrogens (tertiary/aromatic N) is 2. The summed E-state index contributed by atoms with van der Waals surface area (Å²) in [6.07, 6.45) is 3.65. The lowest BCUT2D eigenvalue weighted by Crippen LogP contribution is -2.28. The van der Waals surface area contributed by atoms with E-state index in [1.54, 1.807) is 16.8 Å². The van der Waals surface area contributed by atoms with Crippen molar-refractivity contribution in [3.05, 3.63) is 27.3 Å². The molecule has 0 atom stereocenters. The van der Waals surface area contributed by atoms with Crippen molar-refractivity contribution in [2.45, 2.75) is 33.2 Å². The number of thiazole rings is 2. The second-order valence-corrected chi connectivity index (χ2v) is 5.92. The number of anilines is 1. The zero-order chi connectivity index (χ0) is 13.7. The molecule has 102 valence electrons. The van der Waals surface area contributed by atoms with Crippen molar-refractivity contribution < 1.29 is 4.79 Å². The number of nitrogens with one attached hydrogen (secondary N) is 2. The Balaban J connectivity index is 1.84. The van der Waals surface area contributed by atoms with Gasteiger partial charge in [0.25, 0.3) is 0 Å². The third kappa shape index (κ3) is 3.74. The first-order valence-corrected chi connectivity index (χ1v) is 7.83. The topological polar surface area (TPSA) is 66.9 Å². The summed E-state index contributed by atoms with van der Waals surface area (Å²) >= 11 is 3.06. The highest BCUT2D eigenvalue weighted by atomic mass is 32.1. The summed E-state index contributed by atoms with van der Waals surface area (Å²) < 4.78 is 0. The predicted octanol–water partition coefficient (Wildman–Crippen LogP) is 3.05. The standard InChI is InChI=1S/C12H16N4OS2/c1-3-8-5-13-10(19-8)6-14-12(17)16-11-9(4-2)15-7-18-11/h5,7H,3-4,6H2,1-2H3,(H2,14,16,17). The minimum absolute atomic E-state index is 0.216. The van der Waals surface area contributed by atoms with Crippen LogP contribution in [0.15, 0.2) is 11.7 Å². The first-order valence-electron chi connectivity index (χ1n) is 6.13. The third-order valence-corrected chi connectivity index (χ3v) is 4.48. The van der Waals surface area contributed by atoms with Gasteiger partial charge in [-0.2, -0.15) is 0 Å². The SMILES string of the molecule is CCc1cnc(CNC(=O)Nc2scnc2CC)s1. The molecule has 0 spiro atoms. The Hall–Kier alpha value is -1.47. The number of hydrogen-bond acceptors (Lipinski definition) is 5. The summed E-state index contributed by atoms with van der Waals surface area (Å²) in [7, 11) is 0. The Labute approximate surface area is 120 Å². The third-order valence-electron chi connectivity index (χ3n) is 2.55. The lowest BCUT2D eigenvalue weighted by Gasteiger charge is -2.05. The van der Waals surface area contributed by atoms with Gasteiger partial charge in [-0.1, -0.05) is 13.8 Å². The molecule has 2 aromatic rings. The van der Waals surface area contributed by atoms with E-state index in [1.807, 2.05) is 13.1 Å². The monoisotopic (exact) mass is 296 g/mol. The molecule has 0 saturated carbocycles. The Morgan fingerprint density at radius 2 is 2.16 bits per heavy atom.